The molecule has 18 heavy (non-hydrogen) atoms. The van der Waals surface area contributed by atoms with Crippen molar-refractivity contribution in [3.8, 4) is 11.5 Å². The Kier molecular flexibility index (Phi) is 4.56. The van der Waals surface area contributed by atoms with Crippen molar-refractivity contribution in [1.29, 1.82) is 0 Å². The molecule has 0 unspecified atom stereocenters. The lowest BCUT2D eigenvalue weighted by molar-refractivity contribution is 0.282. The third-order valence-electron chi connectivity index (χ3n) is 3.22. The average Bonchev–Trinajstić information content (AvgIpc) is 2.41. The Balaban J connectivity index is 2.06. The number of hydrogen-bond donors (Lipinski definition) is 0. The predicted molar refractivity (Wildman–Crippen MR) is 72.2 cm³/mol. The van der Waals surface area contributed by atoms with Crippen molar-refractivity contribution in [3.63, 3.8) is 0 Å². The third-order valence-corrected chi connectivity index (χ3v) is 4.62. The molecule has 0 spiro atoms. The van der Waals surface area contributed by atoms with Crippen LogP contribution in [0.15, 0.2) is 18.2 Å². The number of hydrogen-bond acceptors (Lipinski definition) is 4. The molecule has 0 atom stereocenters. The van der Waals surface area contributed by atoms with Gasteiger partial charge in [-0.1, -0.05) is 10.6 Å². The zero-order chi connectivity index (χ0) is 13.0. The van der Waals surface area contributed by atoms with E-state index < -0.39 is 7.80 Å². The van der Waals surface area contributed by atoms with E-state index in [0.717, 1.165) is 49.0 Å². The molecule has 1 aliphatic rings. The fraction of sp³-hybridized carbons (Fsp3) is 0.538. The summed E-state index contributed by atoms with van der Waals surface area (Å²) < 4.78 is 21.9. The highest BCUT2D eigenvalue weighted by atomic mass is 31.1. The van der Waals surface area contributed by atoms with E-state index >= 15 is 0 Å². The highest BCUT2D eigenvalue weighted by Gasteiger charge is 2.25. The summed E-state index contributed by atoms with van der Waals surface area (Å²) in [6, 6.07) is 5.88. The standard InChI is InChI=1S/C13H19NO3P/c1-16-12-4-3-11(13(9-12)17-2)10-14-5-7-18(15)8-6-14/h3-4,9H,5-8,10H2,1-2H3/q+1. The van der Waals surface area contributed by atoms with Crippen molar-refractivity contribution < 1.29 is 14.0 Å². The van der Waals surface area contributed by atoms with Crippen molar-refractivity contribution in [2.45, 2.75) is 6.54 Å². The van der Waals surface area contributed by atoms with Gasteiger partial charge in [-0.25, -0.2) is 0 Å². The normalized spacial score (nSPS) is 16.7. The molecule has 98 valence electrons. The lowest BCUT2D eigenvalue weighted by Crippen LogP contribution is -2.32. The van der Waals surface area contributed by atoms with E-state index in [4.69, 9.17) is 9.47 Å². The summed E-state index contributed by atoms with van der Waals surface area (Å²) in [5, 5.41) is 0. The van der Waals surface area contributed by atoms with E-state index in [-0.39, 0.29) is 0 Å². The fourth-order valence-electron chi connectivity index (χ4n) is 2.11. The summed E-state index contributed by atoms with van der Waals surface area (Å²) in [6.45, 7) is 2.66. The SMILES string of the molecule is COc1ccc(CN2CC[P+](=O)CC2)c(OC)c1. The Morgan fingerprint density at radius 3 is 2.56 bits per heavy atom. The van der Waals surface area contributed by atoms with Crippen molar-refractivity contribution in [2.24, 2.45) is 0 Å². The predicted octanol–water partition coefficient (Wildman–Crippen LogP) is 2.35. The van der Waals surface area contributed by atoms with Gasteiger partial charge in [-0.3, -0.25) is 4.90 Å². The Bertz CT molecular complexity index is 426. The first kappa shape index (κ1) is 13.3. The second-order valence-electron chi connectivity index (χ2n) is 4.38. The zero-order valence-electron chi connectivity index (χ0n) is 10.9. The van der Waals surface area contributed by atoms with Gasteiger partial charge in [0.25, 0.3) is 0 Å². The number of methoxy groups -OCH3 is 2. The summed E-state index contributed by atoms with van der Waals surface area (Å²) >= 11 is 0. The van der Waals surface area contributed by atoms with E-state index in [0.29, 0.717) is 0 Å². The molecule has 0 bridgehead atoms. The van der Waals surface area contributed by atoms with Crippen molar-refractivity contribution in [2.75, 3.05) is 39.6 Å². The number of rotatable bonds is 4. The second-order valence-corrected chi connectivity index (χ2v) is 6.24. The van der Waals surface area contributed by atoms with Crippen LogP contribution in [0.1, 0.15) is 5.56 Å². The molecule has 0 N–H and O–H groups in total. The number of nitrogens with zero attached hydrogens (tertiary/aromatic N) is 1. The van der Waals surface area contributed by atoms with Gasteiger partial charge in [-0.2, -0.15) is 0 Å². The van der Waals surface area contributed by atoms with Crippen LogP contribution in [0.4, 0.5) is 0 Å². The molecule has 1 saturated heterocycles. The van der Waals surface area contributed by atoms with Gasteiger partial charge >= 0.3 is 7.80 Å². The van der Waals surface area contributed by atoms with Crippen LogP contribution >= 0.6 is 7.80 Å². The van der Waals surface area contributed by atoms with Crippen LogP contribution in [0.5, 0.6) is 11.5 Å². The van der Waals surface area contributed by atoms with Crippen LogP contribution in [-0.4, -0.2) is 44.5 Å². The zero-order valence-corrected chi connectivity index (χ0v) is 11.8. The Hall–Kier alpha value is -1.12. The number of ether oxygens (including phenoxy) is 2. The maximum atomic E-state index is 11.3. The largest absolute Gasteiger partial charge is 0.497 e. The molecule has 1 aromatic rings. The summed E-state index contributed by atoms with van der Waals surface area (Å²) in [4.78, 5) is 2.32. The smallest absolute Gasteiger partial charge is 0.341 e. The topological polar surface area (TPSA) is 38.8 Å². The minimum Gasteiger partial charge on any atom is -0.497 e. The van der Waals surface area contributed by atoms with Gasteiger partial charge in [0.15, 0.2) is 12.3 Å². The molecule has 1 heterocycles. The molecule has 1 aromatic carbocycles. The summed E-state index contributed by atoms with van der Waals surface area (Å²) in [6.07, 6.45) is 1.63. The van der Waals surface area contributed by atoms with Crippen molar-refractivity contribution in [1.82, 2.24) is 4.90 Å². The van der Waals surface area contributed by atoms with Crippen LogP contribution in [0.3, 0.4) is 0 Å². The molecular formula is C13H19NO3P+. The van der Waals surface area contributed by atoms with E-state index in [1.807, 2.05) is 18.2 Å². The average molecular weight is 268 g/mol. The molecule has 0 amide bonds. The second kappa shape index (κ2) is 6.17. The monoisotopic (exact) mass is 268 g/mol. The molecule has 1 aliphatic heterocycles. The summed E-state index contributed by atoms with van der Waals surface area (Å²) in [5.41, 5.74) is 1.15. The maximum absolute atomic E-state index is 11.3. The molecule has 0 saturated carbocycles. The highest BCUT2D eigenvalue weighted by molar-refractivity contribution is 7.44. The molecule has 1 fully saturated rings. The van der Waals surface area contributed by atoms with Gasteiger partial charge in [0.2, 0.25) is 0 Å². The minimum atomic E-state index is -0.955. The first-order chi connectivity index (χ1) is 8.72. The molecule has 0 aromatic heterocycles. The van der Waals surface area contributed by atoms with Gasteiger partial charge in [0, 0.05) is 31.3 Å². The van der Waals surface area contributed by atoms with Crippen molar-refractivity contribution >= 4 is 7.80 Å². The van der Waals surface area contributed by atoms with Gasteiger partial charge in [-0.15, -0.1) is 0 Å². The van der Waals surface area contributed by atoms with Crippen molar-refractivity contribution in [3.05, 3.63) is 23.8 Å². The van der Waals surface area contributed by atoms with Crippen LogP contribution in [-0.2, 0) is 11.1 Å². The summed E-state index contributed by atoms with van der Waals surface area (Å²) in [5.74, 6) is 1.65. The first-order valence-electron chi connectivity index (χ1n) is 6.08. The lowest BCUT2D eigenvalue weighted by Gasteiger charge is -2.22. The Morgan fingerprint density at radius 2 is 1.94 bits per heavy atom. The van der Waals surface area contributed by atoms with Gasteiger partial charge in [-0.05, 0) is 6.07 Å². The Morgan fingerprint density at radius 1 is 1.22 bits per heavy atom. The minimum absolute atomic E-state index is 0.803. The maximum Gasteiger partial charge on any atom is 0.341 e. The van der Waals surface area contributed by atoms with E-state index in [2.05, 4.69) is 4.90 Å². The van der Waals surface area contributed by atoms with E-state index in [9.17, 15) is 4.57 Å². The quantitative estimate of drug-likeness (QED) is 0.786. The molecule has 2 rings (SSSR count). The summed E-state index contributed by atoms with van der Waals surface area (Å²) in [7, 11) is 2.37. The van der Waals surface area contributed by atoms with Crippen LogP contribution in [0.2, 0.25) is 0 Å². The first-order valence-corrected chi connectivity index (χ1v) is 7.71. The fourth-order valence-corrected chi connectivity index (χ4v) is 3.35. The van der Waals surface area contributed by atoms with Gasteiger partial charge in [0.05, 0.1) is 14.2 Å². The molecule has 0 aliphatic carbocycles. The van der Waals surface area contributed by atoms with Gasteiger partial charge in [0.1, 0.15) is 11.5 Å². The molecular weight excluding hydrogens is 249 g/mol. The lowest BCUT2D eigenvalue weighted by atomic mass is 10.1. The molecule has 0 radical (unpaired) electrons. The highest BCUT2D eigenvalue weighted by Crippen LogP contribution is 2.29. The van der Waals surface area contributed by atoms with Crippen LogP contribution in [0, 0.1) is 0 Å². The van der Waals surface area contributed by atoms with E-state index in [1.165, 1.54) is 0 Å². The van der Waals surface area contributed by atoms with Crippen LogP contribution in [0.25, 0.3) is 0 Å². The molecule has 5 heteroatoms. The van der Waals surface area contributed by atoms with E-state index in [1.54, 1.807) is 14.2 Å². The van der Waals surface area contributed by atoms with Gasteiger partial charge < -0.3 is 9.47 Å². The van der Waals surface area contributed by atoms with Crippen LogP contribution < -0.4 is 9.47 Å². The third kappa shape index (κ3) is 3.21. The Labute approximate surface area is 109 Å². The molecule has 4 nitrogen and oxygen atoms in total. The number of benzene rings is 1.